The molecule has 0 spiro atoms. The van der Waals surface area contributed by atoms with Crippen molar-refractivity contribution in [2.75, 3.05) is 43.4 Å². The predicted octanol–water partition coefficient (Wildman–Crippen LogP) is 0.840. The highest BCUT2D eigenvalue weighted by molar-refractivity contribution is 7.89. The van der Waals surface area contributed by atoms with Crippen molar-refractivity contribution in [3.05, 3.63) is 24.4 Å². The smallest absolute Gasteiger partial charge is 0.224 e. The van der Waals surface area contributed by atoms with Crippen molar-refractivity contribution in [2.45, 2.75) is 25.7 Å². The van der Waals surface area contributed by atoms with Gasteiger partial charge in [-0.1, -0.05) is 6.07 Å². The third-order valence-corrected chi connectivity index (χ3v) is 6.76. The fourth-order valence-corrected chi connectivity index (χ4v) is 4.92. The first-order valence-electron chi connectivity index (χ1n) is 8.98. The number of pyridine rings is 1. The molecule has 0 radical (unpaired) electrons. The van der Waals surface area contributed by atoms with Crippen molar-refractivity contribution in [1.29, 1.82) is 0 Å². The quantitative estimate of drug-likeness (QED) is 0.807. The van der Waals surface area contributed by atoms with Crippen LogP contribution in [0.1, 0.15) is 25.7 Å². The molecule has 0 aliphatic carbocycles. The molecule has 1 atom stereocenters. The molecular weight excluding hydrogens is 340 g/mol. The summed E-state index contributed by atoms with van der Waals surface area (Å²) in [6.45, 7) is 2.92. The Morgan fingerprint density at radius 2 is 2.00 bits per heavy atom. The molecule has 1 aromatic rings. The molecule has 0 unspecified atom stereocenters. The minimum absolute atomic E-state index is 0.0184. The van der Waals surface area contributed by atoms with Gasteiger partial charge in [0.25, 0.3) is 0 Å². The first-order valence-corrected chi connectivity index (χ1v) is 10.6. The average molecular weight is 366 g/mol. The fourth-order valence-electron chi connectivity index (χ4n) is 3.48. The zero-order valence-corrected chi connectivity index (χ0v) is 15.2. The highest BCUT2D eigenvalue weighted by atomic mass is 32.2. The van der Waals surface area contributed by atoms with Crippen molar-refractivity contribution >= 4 is 21.7 Å². The van der Waals surface area contributed by atoms with Gasteiger partial charge in [-0.3, -0.25) is 4.79 Å². The van der Waals surface area contributed by atoms with Gasteiger partial charge in [-0.05, 0) is 37.8 Å². The first kappa shape index (κ1) is 18.1. The van der Waals surface area contributed by atoms with Gasteiger partial charge < -0.3 is 10.2 Å². The Balaban J connectivity index is 1.48. The van der Waals surface area contributed by atoms with Gasteiger partial charge >= 0.3 is 0 Å². The van der Waals surface area contributed by atoms with Crippen LogP contribution in [0.2, 0.25) is 0 Å². The third-order valence-electron chi connectivity index (χ3n) is 4.88. The van der Waals surface area contributed by atoms with Crippen LogP contribution < -0.4 is 10.2 Å². The lowest BCUT2D eigenvalue weighted by atomic mass is 9.97. The van der Waals surface area contributed by atoms with Crippen molar-refractivity contribution < 1.29 is 13.2 Å². The van der Waals surface area contributed by atoms with E-state index in [2.05, 4.69) is 15.2 Å². The van der Waals surface area contributed by atoms with E-state index in [9.17, 15) is 13.2 Å². The van der Waals surface area contributed by atoms with Crippen LogP contribution >= 0.6 is 0 Å². The molecule has 2 saturated heterocycles. The van der Waals surface area contributed by atoms with E-state index in [1.807, 2.05) is 18.2 Å². The number of piperidine rings is 1. The van der Waals surface area contributed by atoms with E-state index in [1.54, 1.807) is 6.20 Å². The van der Waals surface area contributed by atoms with Crippen LogP contribution in [0, 0.1) is 5.92 Å². The van der Waals surface area contributed by atoms with E-state index in [0.717, 1.165) is 38.0 Å². The number of rotatable bonds is 6. The number of anilines is 1. The monoisotopic (exact) mass is 366 g/mol. The molecule has 1 N–H and O–H groups in total. The number of nitrogens with one attached hydrogen (secondary N) is 1. The number of carbonyl (C=O) groups excluding carboxylic acids is 1. The summed E-state index contributed by atoms with van der Waals surface area (Å²) < 4.78 is 25.9. The van der Waals surface area contributed by atoms with Crippen LogP contribution in [0.3, 0.4) is 0 Å². The highest BCUT2D eigenvalue weighted by Gasteiger charge is 2.28. The van der Waals surface area contributed by atoms with E-state index < -0.39 is 10.0 Å². The molecule has 25 heavy (non-hydrogen) atoms. The number of aromatic nitrogens is 1. The van der Waals surface area contributed by atoms with Crippen molar-refractivity contribution in [1.82, 2.24) is 14.6 Å². The summed E-state index contributed by atoms with van der Waals surface area (Å²) in [4.78, 5) is 18.9. The topological polar surface area (TPSA) is 82.6 Å². The molecule has 2 aliphatic heterocycles. The molecule has 0 saturated carbocycles. The van der Waals surface area contributed by atoms with Crippen molar-refractivity contribution in [2.24, 2.45) is 5.92 Å². The van der Waals surface area contributed by atoms with Crippen LogP contribution in [0.5, 0.6) is 0 Å². The number of amides is 1. The van der Waals surface area contributed by atoms with Crippen LogP contribution in [0.15, 0.2) is 24.4 Å². The summed E-state index contributed by atoms with van der Waals surface area (Å²) in [7, 11) is -3.24. The minimum atomic E-state index is -3.24. The Labute approximate surface area is 149 Å². The van der Waals surface area contributed by atoms with E-state index in [1.165, 1.54) is 4.31 Å². The zero-order valence-electron chi connectivity index (χ0n) is 14.4. The van der Waals surface area contributed by atoms with Gasteiger partial charge in [0.2, 0.25) is 15.9 Å². The van der Waals surface area contributed by atoms with Gasteiger partial charge in [0.15, 0.2) is 0 Å². The zero-order chi connectivity index (χ0) is 17.7. The Hall–Kier alpha value is -1.67. The maximum absolute atomic E-state index is 12.4. The Morgan fingerprint density at radius 3 is 2.72 bits per heavy atom. The van der Waals surface area contributed by atoms with Crippen LogP contribution in [-0.2, 0) is 14.8 Å². The maximum Gasteiger partial charge on any atom is 0.224 e. The number of hydrogen-bond acceptors (Lipinski definition) is 5. The molecule has 2 fully saturated rings. The molecule has 2 aliphatic rings. The van der Waals surface area contributed by atoms with Crippen LogP contribution in [0.4, 0.5) is 5.82 Å². The number of carbonyl (C=O) groups is 1. The molecule has 1 amide bonds. The summed E-state index contributed by atoms with van der Waals surface area (Å²) in [5.41, 5.74) is 0. The summed E-state index contributed by atoms with van der Waals surface area (Å²) in [5.74, 6) is 0.689. The molecule has 138 valence electrons. The second-order valence-electron chi connectivity index (χ2n) is 6.69. The summed E-state index contributed by atoms with van der Waals surface area (Å²) in [5, 5.41) is 2.81. The number of hydrogen-bond donors (Lipinski definition) is 1. The molecule has 3 heterocycles. The van der Waals surface area contributed by atoms with E-state index in [4.69, 9.17) is 0 Å². The summed E-state index contributed by atoms with van der Waals surface area (Å²) >= 11 is 0. The van der Waals surface area contributed by atoms with Gasteiger partial charge in [-0.2, -0.15) is 0 Å². The molecule has 8 heteroatoms. The van der Waals surface area contributed by atoms with Crippen molar-refractivity contribution in [3.8, 4) is 0 Å². The standard InChI is InChI=1S/C17H26N4O3S/c22-17(19-9-13-25(23,24)21-11-3-4-12-21)15-6-5-10-20(14-15)16-7-1-2-8-18-16/h1-2,7-8,15H,3-6,9-14H2,(H,19,22)/t15-/m1/s1. The molecule has 1 aromatic heterocycles. The molecule has 7 nitrogen and oxygen atoms in total. The lowest BCUT2D eigenvalue weighted by molar-refractivity contribution is -0.125. The second kappa shape index (κ2) is 8.14. The van der Waals surface area contributed by atoms with Crippen molar-refractivity contribution in [3.63, 3.8) is 0 Å². The SMILES string of the molecule is O=C(NCCS(=O)(=O)N1CCCC1)[C@@H]1CCCN(c2ccccn2)C1. The van der Waals surface area contributed by atoms with Gasteiger partial charge in [-0.15, -0.1) is 0 Å². The molecule has 0 aromatic carbocycles. The van der Waals surface area contributed by atoms with Gasteiger partial charge in [-0.25, -0.2) is 17.7 Å². The Kier molecular flexibility index (Phi) is 5.90. The summed E-state index contributed by atoms with van der Waals surface area (Å²) in [6, 6.07) is 5.76. The van der Waals surface area contributed by atoms with E-state index >= 15 is 0 Å². The lowest BCUT2D eigenvalue weighted by Crippen LogP contribution is -2.45. The molecule has 0 bridgehead atoms. The fraction of sp³-hybridized carbons (Fsp3) is 0.647. The molecular formula is C17H26N4O3S. The Morgan fingerprint density at radius 1 is 1.20 bits per heavy atom. The largest absolute Gasteiger partial charge is 0.356 e. The normalized spacial score (nSPS) is 22.1. The van der Waals surface area contributed by atoms with Gasteiger partial charge in [0, 0.05) is 38.9 Å². The summed E-state index contributed by atoms with van der Waals surface area (Å²) in [6.07, 6.45) is 5.37. The van der Waals surface area contributed by atoms with Crippen LogP contribution in [0.25, 0.3) is 0 Å². The third kappa shape index (κ3) is 4.70. The van der Waals surface area contributed by atoms with E-state index in [-0.39, 0.29) is 24.1 Å². The predicted molar refractivity (Wildman–Crippen MR) is 96.8 cm³/mol. The minimum Gasteiger partial charge on any atom is -0.356 e. The average Bonchev–Trinajstić information content (AvgIpc) is 3.18. The lowest BCUT2D eigenvalue weighted by Gasteiger charge is -2.32. The second-order valence-corrected chi connectivity index (χ2v) is 8.77. The first-order chi connectivity index (χ1) is 12.1. The maximum atomic E-state index is 12.4. The highest BCUT2D eigenvalue weighted by Crippen LogP contribution is 2.21. The van der Waals surface area contributed by atoms with E-state index in [0.29, 0.717) is 19.6 Å². The van der Waals surface area contributed by atoms with Gasteiger partial charge in [0.1, 0.15) is 5.82 Å². The number of sulfonamides is 1. The Bertz CT molecular complexity index is 674. The van der Waals surface area contributed by atoms with Crippen LogP contribution in [-0.4, -0.2) is 62.1 Å². The van der Waals surface area contributed by atoms with Gasteiger partial charge in [0.05, 0.1) is 11.7 Å². The molecule has 3 rings (SSSR count). The number of nitrogens with zero attached hydrogens (tertiary/aromatic N) is 3.